The van der Waals surface area contributed by atoms with E-state index in [9.17, 15) is 4.79 Å². The monoisotopic (exact) mass is 271 g/mol. The van der Waals surface area contributed by atoms with Gasteiger partial charge in [0.15, 0.2) is 0 Å². The average molecular weight is 272 g/mol. The SMILES string of the molecule is CC[C@@H](C(=O)O)N(C)c1cccc(Br)c1. The molecule has 0 aliphatic heterocycles. The summed E-state index contributed by atoms with van der Waals surface area (Å²) in [5, 5.41) is 9.02. The van der Waals surface area contributed by atoms with Gasteiger partial charge in [0.25, 0.3) is 0 Å². The Morgan fingerprint density at radius 3 is 2.73 bits per heavy atom. The molecule has 0 aliphatic carbocycles. The van der Waals surface area contributed by atoms with Gasteiger partial charge in [0.2, 0.25) is 0 Å². The minimum absolute atomic E-state index is 0.473. The topological polar surface area (TPSA) is 40.5 Å². The highest BCUT2D eigenvalue weighted by molar-refractivity contribution is 9.10. The van der Waals surface area contributed by atoms with Crippen molar-refractivity contribution in [1.29, 1.82) is 0 Å². The summed E-state index contributed by atoms with van der Waals surface area (Å²) in [6.45, 7) is 1.87. The fourth-order valence-corrected chi connectivity index (χ4v) is 1.88. The van der Waals surface area contributed by atoms with Gasteiger partial charge in [0.05, 0.1) is 0 Å². The molecule has 0 saturated carbocycles. The summed E-state index contributed by atoms with van der Waals surface area (Å²) < 4.78 is 0.951. The van der Waals surface area contributed by atoms with Crippen molar-refractivity contribution in [2.45, 2.75) is 19.4 Å². The predicted octanol–water partition coefficient (Wildman–Crippen LogP) is 2.75. The molecule has 0 spiro atoms. The number of aliphatic carboxylic acids is 1. The molecular formula is C11H14BrNO2. The third kappa shape index (κ3) is 2.96. The van der Waals surface area contributed by atoms with Gasteiger partial charge in [-0.2, -0.15) is 0 Å². The van der Waals surface area contributed by atoms with Gasteiger partial charge in [-0.15, -0.1) is 0 Å². The maximum Gasteiger partial charge on any atom is 0.326 e. The molecular weight excluding hydrogens is 258 g/mol. The number of carboxylic acid groups (broad SMARTS) is 1. The molecule has 0 bridgehead atoms. The first-order valence-electron chi connectivity index (χ1n) is 4.77. The summed E-state index contributed by atoms with van der Waals surface area (Å²) in [4.78, 5) is 12.7. The summed E-state index contributed by atoms with van der Waals surface area (Å²) in [7, 11) is 1.80. The van der Waals surface area contributed by atoms with E-state index in [1.165, 1.54) is 0 Å². The zero-order chi connectivity index (χ0) is 11.4. The second-order valence-corrected chi connectivity index (χ2v) is 4.27. The molecule has 82 valence electrons. The van der Waals surface area contributed by atoms with Crippen molar-refractivity contribution in [2.24, 2.45) is 0 Å². The first-order valence-corrected chi connectivity index (χ1v) is 5.56. The average Bonchev–Trinajstić information content (AvgIpc) is 2.18. The first kappa shape index (κ1) is 12.0. The largest absolute Gasteiger partial charge is 0.480 e. The van der Waals surface area contributed by atoms with Crippen LogP contribution in [0.15, 0.2) is 28.7 Å². The Hall–Kier alpha value is -1.03. The Kier molecular flexibility index (Phi) is 4.15. The molecule has 0 amide bonds. The predicted molar refractivity (Wildman–Crippen MR) is 64.3 cm³/mol. The lowest BCUT2D eigenvalue weighted by Crippen LogP contribution is -2.37. The van der Waals surface area contributed by atoms with Crippen LogP contribution < -0.4 is 4.90 Å². The lowest BCUT2D eigenvalue weighted by atomic mass is 10.2. The summed E-state index contributed by atoms with van der Waals surface area (Å²) in [6.07, 6.45) is 0.582. The summed E-state index contributed by atoms with van der Waals surface area (Å²) >= 11 is 3.36. The number of halogens is 1. The standard InChI is InChI=1S/C11H14BrNO2/c1-3-10(11(14)15)13(2)9-6-4-5-8(12)7-9/h4-7,10H,3H2,1-2H3,(H,14,15)/t10-/m0/s1. The van der Waals surface area contributed by atoms with Crippen LogP contribution in [0.4, 0.5) is 5.69 Å². The number of nitrogens with zero attached hydrogens (tertiary/aromatic N) is 1. The molecule has 1 atom stereocenters. The van der Waals surface area contributed by atoms with E-state index < -0.39 is 12.0 Å². The van der Waals surface area contributed by atoms with Gasteiger partial charge in [-0.05, 0) is 24.6 Å². The highest BCUT2D eigenvalue weighted by Gasteiger charge is 2.20. The van der Waals surface area contributed by atoms with Crippen molar-refractivity contribution in [3.63, 3.8) is 0 Å². The van der Waals surface area contributed by atoms with E-state index in [1.54, 1.807) is 11.9 Å². The van der Waals surface area contributed by atoms with Gasteiger partial charge in [0.1, 0.15) is 6.04 Å². The molecule has 0 saturated heterocycles. The number of carboxylic acids is 1. The Bertz CT molecular complexity index is 354. The van der Waals surface area contributed by atoms with Crippen LogP contribution in [0.2, 0.25) is 0 Å². The van der Waals surface area contributed by atoms with E-state index in [0.29, 0.717) is 6.42 Å². The second kappa shape index (κ2) is 5.16. The summed E-state index contributed by atoms with van der Waals surface area (Å²) in [5.41, 5.74) is 0.902. The van der Waals surface area contributed by atoms with Crippen LogP contribution in [0.1, 0.15) is 13.3 Å². The van der Waals surface area contributed by atoms with Crippen molar-refractivity contribution in [2.75, 3.05) is 11.9 Å². The van der Waals surface area contributed by atoms with Crippen LogP contribution in [-0.2, 0) is 4.79 Å². The van der Waals surface area contributed by atoms with Crippen molar-refractivity contribution in [3.05, 3.63) is 28.7 Å². The maximum absolute atomic E-state index is 11.0. The molecule has 15 heavy (non-hydrogen) atoms. The lowest BCUT2D eigenvalue weighted by Gasteiger charge is -2.25. The normalized spacial score (nSPS) is 12.2. The van der Waals surface area contributed by atoms with Crippen LogP contribution in [-0.4, -0.2) is 24.2 Å². The number of rotatable bonds is 4. The number of likely N-dealkylation sites (N-methyl/N-ethyl adjacent to an activating group) is 1. The number of carbonyl (C=O) groups is 1. The van der Waals surface area contributed by atoms with E-state index >= 15 is 0 Å². The molecule has 0 aromatic heterocycles. The Morgan fingerprint density at radius 2 is 2.27 bits per heavy atom. The van der Waals surface area contributed by atoms with Gasteiger partial charge >= 0.3 is 5.97 Å². The second-order valence-electron chi connectivity index (χ2n) is 3.35. The van der Waals surface area contributed by atoms with Crippen LogP contribution in [0.3, 0.4) is 0 Å². The third-order valence-electron chi connectivity index (χ3n) is 2.35. The van der Waals surface area contributed by atoms with Crippen LogP contribution in [0.5, 0.6) is 0 Å². The smallest absolute Gasteiger partial charge is 0.326 e. The molecule has 1 aromatic rings. The number of anilines is 1. The molecule has 1 N–H and O–H groups in total. The van der Waals surface area contributed by atoms with E-state index in [1.807, 2.05) is 31.2 Å². The van der Waals surface area contributed by atoms with E-state index in [-0.39, 0.29) is 0 Å². The molecule has 3 nitrogen and oxygen atoms in total. The van der Waals surface area contributed by atoms with Crippen LogP contribution >= 0.6 is 15.9 Å². The quantitative estimate of drug-likeness (QED) is 0.916. The highest BCUT2D eigenvalue weighted by Crippen LogP contribution is 2.21. The van der Waals surface area contributed by atoms with Crippen molar-refractivity contribution >= 4 is 27.6 Å². The fraction of sp³-hybridized carbons (Fsp3) is 0.364. The molecule has 0 aliphatic rings. The minimum Gasteiger partial charge on any atom is -0.480 e. The molecule has 0 radical (unpaired) electrons. The minimum atomic E-state index is -0.792. The number of hydrogen-bond acceptors (Lipinski definition) is 2. The molecule has 1 aromatic carbocycles. The zero-order valence-electron chi connectivity index (χ0n) is 8.77. The van der Waals surface area contributed by atoms with Gasteiger partial charge in [-0.1, -0.05) is 28.9 Å². The number of hydrogen-bond donors (Lipinski definition) is 1. The van der Waals surface area contributed by atoms with Crippen LogP contribution in [0.25, 0.3) is 0 Å². The third-order valence-corrected chi connectivity index (χ3v) is 2.85. The summed E-state index contributed by atoms with van der Waals surface area (Å²) in [6, 6.07) is 7.14. The van der Waals surface area contributed by atoms with Gasteiger partial charge in [0, 0.05) is 17.2 Å². The highest BCUT2D eigenvalue weighted by atomic mass is 79.9. The fourth-order valence-electron chi connectivity index (χ4n) is 1.49. The van der Waals surface area contributed by atoms with Gasteiger partial charge < -0.3 is 10.0 Å². The summed E-state index contributed by atoms with van der Waals surface area (Å²) in [5.74, 6) is -0.792. The lowest BCUT2D eigenvalue weighted by molar-refractivity contribution is -0.138. The molecule has 0 fully saturated rings. The zero-order valence-corrected chi connectivity index (χ0v) is 10.4. The van der Waals surface area contributed by atoms with E-state index in [4.69, 9.17) is 5.11 Å². The van der Waals surface area contributed by atoms with Gasteiger partial charge in [-0.25, -0.2) is 4.79 Å². The molecule has 1 rings (SSSR count). The molecule has 4 heteroatoms. The maximum atomic E-state index is 11.0. The van der Waals surface area contributed by atoms with E-state index in [0.717, 1.165) is 10.2 Å². The number of benzene rings is 1. The van der Waals surface area contributed by atoms with Crippen molar-refractivity contribution in [1.82, 2.24) is 0 Å². The molecule has 0 unspecified atom stereocenters. The van der Waals surface area contributed by atoms with Crippen molar-refractivity contribution < 1.29 is 9.90 Å². The van der Waals surface area contributed by atoms with E-state index in [2.05, 4.69) is 15.9 Å². The first-order chi connectivity index (χ1) is 7.06. The Labute approximate surface area is 97.8 Å². The van der Waals surface area contributed by atoms with Crippen LogP contribution in [0, 0.1) is 0 Å². The Morgan fingerprint density at radius 1 is 1.60 bits per heavy atom. The molecule has 0 heterocycles. The van der Waals surface area contributed by atoms with Gasteiger partial charge in [-0.3, -0.25) is 0 Å². The van der Waals surface area contributed by atoms with Crippen molar-refractivity contribution in [3.8, 4) is 0 Å². The Balaban J connectivity index is 2.92.